The predicted molar refractivity (Wildman–Crippen MR) is 63.6 cm³/mol. The smallest absolute Gasteiger partial charge is 0.333 e. The van der Waals surface area contributed by atoms with Gasteiger partial charge < -0.3 is 9.47 Å². The first kappa shape index (κ1) is 14.6. The van der Waals surface area contributed by atoms with Crippen LogP contribution in [0.3, 0.4) is 0 Å². The van der Waals surface area contributed by atoms with Crippen molar-refractivity contribution in [2.24, 2.45) is 0 Å². The van der Waals surface area contributed by atoms with E-state index in [0.717, 1.165) is 25.7 Å². The number of hydrogen-bond donors (Lipinski definition) is 0. The van der Waals surface area contributed by atoms with Gasteiger partial charge in [0.2, 0.25) is 0 Å². The summed E-state index contributed by atoms with van der Waals surface area (Å²) < 4.78 is 9.95. The minimum atomic E-state index is -0.379. The highest BCUT2D eigenvalue weighted by atomic mass is 16.5. The average Bonchev–Trinajstić information content (AvgIpc) is 2.29. The van der Waals surface area contributed by atoms with Gasteiger partial charge in [0.05, 0.1) is 13.2 Å². The molecule has 0 N–H and O–H groups in total. The Bertz CT molecular complexity index is 281. The number of ether oxygens (including phenoxy) is 2. The van der Waals surface area contributed by atoms with Crippen LogP contribution in [0.5, 0.6) is 0 Å². The molecule has 0 aliphatic heterocycles. The Hall–Kier alpha value is -1.43. The summed E-state index contributed by atoms with van der Waals surface area (Å²) in [5, 5.41) is 0. The number of hydrogen-bond acceptors (Lipinski definition) is 3. The minimum Gasteiger partial charge on any atom is -0.485 e. The third-order valence-electron chi connectivity index (χ3n) is 2.01. The van der Waals surface area contributed by atoms with Crippen molar-refractivity contribution in [2.45, 2.75) is 39.5 Å². The third-order valence-corrected chi connectivity index (χ3v) is 2.01. The maximum Gasteiger partial charge on any atom is 0.333 e. The zero-order chi connectivity index (χ0) is 12.2. The summed E-state index contributed by atoms with van der Waals surface area (Å²) in [6.45, 7) is 4.21. The van der Waals surface area contributed by atoms with E-state index >= 15 is 0 Å². The van der Waals surface area contributed by atoms with Crippen LogP contribution in [0.15, 0.2) is 11.8 Å². The van der Waals surface area contributed by atoms with Crippen LogP contribution in [0.4, 0.5) is 0 Å². The van der Waals surface area contributed by atoms with E-state index in [4.69, 9.17) is 4.74 Å². The number of rotatable bonds is 7. The Morgan fingerprint density at radius 3 is 2.69 bits per heavy atom. The summed E-state index contributed by atoms with van der Waals surface area (Å²) in [5.41, 5.74) is 0. The highest BCUT2D eigenvalue weighted by Gasteiger charge is 2.02. The first-order valence-electron chi connectivity index (χ1n) is 5.55. The van der Waals surface area contributed by atoms with Crippen molar-refractivity contribution in [1.29, 1.82) is 0 Å². The van der Waals surface area contributed by atoms with Gasteiger partial charge in [-0.3, -0.25) is 0 Å². The van der Waals surface area contributed by atoms with Gasteiger partial charge in [-0.25, -0.2) is 4.79 Å². The molecule has 90 valence electrons. The molecule has 3 heteroatoms. The van der Waals surface area contributed by atoms with E-state index in [1.165, 1.54) is 13.2 Å². The van der Waals surface area contributed by atoms with Crippen molar-refractivity contribution in [1.82, 2.24) is 0 Å². The maximum atomic E-state index is 11.1. The summed E-state index contributed by atoms with van der Waals surface area (Å²) >= 11 is 0. The normalized spacial score (nSPS) is 10.3. The van der Waals surface area contributed by atoms with Crippen LogP contribution in [0.2, 0.25) is 0 Å². The summed E-state index contributed by atoms with van der Waals surface area (Å²) in [6, 6.07) is 0. The van der Waals surface area contributed by atoms with Crippen molar-refractivity contribution < 1.29 is 14.3 Å². The Labute approximate surface area is 97.8 Å². The second-order valence-corrected chi connectivity index (χ2v) is 3.31. The Balaban J connectivity index is 4.18. The lowest BCUT2D eigenvalue weighted by atomic mass is 10.2. The molecule has 0 saturated carbocycles. The van der Waals surface area contributed by atoms with Gasteiger partial charge in [0.15, 0.2) is 0 Å². The zero-order valence-corrected chi connectivity index (χ0v) is 10.3. The van der Waals surface area contributed by atoms with Crippen LogP contribution in [0.1, 0.15) is 39.5 Å². The highest BCUT2D eigenvalue weighted by molar-refractivity contribution is 5.82. The monoisotopic (exact) mass is 224 g/mol. The van der Waals surface area contributed by atoms with Crippen LogP contribution in [0, 0.1) is 11.8 Å². The molecular formula is C13H20O3. The van der Waals surface area contributed by atoms with E-state index in [-0.39, 0.29) is 5.97 Å². The first-order valence-corrected chi connectivity index (χ1v) is 5.55. The molecule has 0 saturated heterocycles. The molecule has 0 amide bonds. The molecule has 0 aromatic carbocycles. The fourth-order valence-corrected chi connectivity index (χ4v) is 1.13. The molecule has 0 aliphatic carbocycles. The average molecular weight is 224 g/mol. The lowest BCUT2D eigenvalue weighted by Gasteiger charge is -2.07. The molecule has 0 aromatic rings. The summed E-state index contributed by atoms with van der Waals surface area (Å²) in [7, 11) is 1.36. The third kappa shape index (κ3) is 7.93. The van der Waals surface area contributed by atoms with Gasteiger partial charge in [-0.05, 0) is 13.3 Å². The van der Waals surface area contributed by atoms with Crippen molar-refractivity contribution in [3.05, 3.63) is 11.8 Å². The quantitative estimate of drug-likeness (QED) is 0.219. The molecule has 0 atom stereocenters. The molecule has 0 aliphatic rings. The van der Waals surface area contributed by atoms with Crippen molar-refractivity contribution in [3.63, 3.8) is 0 Å². The largest absolute Gasteiger partial charge is 0.485 e. The lowest BCUT2D eigenvalue weighted by molar-refractivity contribution is -0.135. The fraction of sp³-hybridized carbons (Fsp3) is 0.615. The van der Waals surface area contributed by atoms with Crippen LogP contribution < -0.4 is 0 Å². The lowest BCUT2D eigenvalue weighted by Crippen LogP contribution is -2.01. The molecule has 16 heavy (non-hydrogen) atoms. The van der Waals surface area contributed by atoms with Crippen molar-refractivity contribution in [2.75, 3.05) is 13.7 Å². The number of carbonyl (C=O) groups excluding carboxylic acids is 1. The second-order valence-electron chi connectivity index (χ2n) is 3.31. The molecule has 0 bridgehead atoms. The van der Waals surface area contributed by atoms with Gasteiger partial charge in [-0.15, -0.1) is 5.92 Å². The molecular weight excluding hydrogens is 204 g/mol. The second kappa shape index (κ2) is 10.1. The molecule has 0 radical (unpaired) electrons. The van der Waals surface area contributed by atoms with Gasteiger partial charge in [-0.1, -0.05) is 25.7 Å². The van der Waals surface area contributed by atoms with E-state index in [2.05, 4.69) is 23.5 Å². The molecule has 0 rings (SSSR count). The number of unbranched alkanes of at least 4 members (excludes halogenated alkanes) is 2. The van der Waals surface area contributed by atoms with Gasteiger partial charge >= 0.3 is 5.97 Å². The van der Waals surface area contributed by atoms with E-state index in [1.54, 1.807) is 6.92 Å². The van der Waals surface area contributed by atoms with E-state index in [0.29, 0.717) is 12.4 Å². The zero-order valence-electron chi connectivity index (χ0n) is 10.3. The summed E-state index contributed by atoms with van der Waals surface area (Å²) in [5.74, 6) is 5.81. The molecule has 3 nitrogen and oxygen atoms in total. The standard InChI is InChI=1S/C13H20O3/c1-4-6-8-9-12(11-13(14)15-3)16-10-7-5-2/h11H,4,6,8-10H2,1-3H3/b12-11-. The number of methoxy groups -OCH3 is 1. The number of allylic oxidation sites excluding steroid dienone is 1. The summed E-state index contributed by atoms with van der Waals surface area (Å²) in [6.07, 6.45) is 5.43. The van der Waals surface area contributed by atoms with Crippen LogP contribution >= 0.6 is 0 Å². The van der Waals surface area contributed by atoms with Crippen LogP contribution in [-0.2, 0) is 14.3 Å². The predicted octanol–water partition coefficient (Wildman–Crippen LogP) is 2.66. The maximum absolute atomic E-state index is 11.1. The first-order chi connectivity index (χ1) is 7.74. The summed E-state index contributed by atoms with van der Waals surface area (Å²) in [4.78, 5) is 11.1. The van der Waals surface area contributed by atoms with E-state index < -0.39 is 0 Å². The van der Waals surface area contributed by atoms with Gasteiger partial charge in [0.1, 0.15) is 12.4 Å². The SMILES string of the molecule is CC#CCO/C(=C\C(=O)OC)CCCCC. The van der Waals surface area contributed by atoms with Crippen LogP contribution in [-0.4, -0.2) is 19.7 Å². The van der Waals surface area contributed by atoms with E-state index in [9.17, 15) is 4.79 Å². The number of esters is 1. The van der Waals surface area contributed by atoms with Crippen molar-refractivity contribution >= 4 is 5.97 Å². The van der Waals surface area contributed by atoms with Gasteiger partial charge in [-0.2, -0.15) is 0 Å². The Kier molecular flexibility index (Phi) is 9.20. The van der Waals surface area contributed by atoms with Gasteiger partial charge in [0, 0.05) is 6.42 Å². The van der Waals surface area contributed by atoms with Crippen LogP contribution in [0.25, 0.3) is 0 Å². The molecule has 0 heterocycles. The minimum absolute atomic E-state index is 0.325. The Morgan fingerprint density at radius 1 is 1.38 bits per heavy atom. The molecule has 0 aromatic heterocycles. The Morgan fingerprint density at radius 2 is 2.12 bits per heavy atom. The number of carbonyl (C=O) groups is 1. The molecule has 0 unspecified atom stereocenters. The van der Waals surface area contributed by atoms with Gasteiger partial charge in [0.25, 0.3) is 0 Å². The van der Waals surface area contributed by atoms with Crippen molar-refractivity contribution in [3.8, 4) is 11.8 Å². The topological polar surface area (TPSA) is 35.5 Å². The molecule has 0 fully saturated rings. The fourth-order valence-electron chi connectivity index (χ4n) is 1.13. The van der Waals surface area contributed by atoms with E-state index in [1.807, 2.05) is 0 Å². The highest BCUT2D eigenvalue weighted by Crippen LogP contribution is 2.10. The molecule has 0 spiro atoms.